The number of nitrogens with zero attached hydrogens (tertiary/aromatic N) is 1. The van der Waals surface area contributed by atoms with Gasteiger partial charge in [0.15, 0.2) is 0 Å². The van der Waals surface area contributed by atoms with Crippen molar-refractivity contribution in [1.29, 1.82) is 0 Å². The lowest BCUT2D eigenvalue weighted by Crippen LogP contribution is -2.19. The van der Waals surface area contributed by atoms with E-state index in [4.69, 9.17) is 0 Å². The fourth-order valence-corrected chi connectivity index (χ4v) is 4.80. The van der Waals surface area contributed by atoms with Gasteiger partial charge in [0.1, 0.15) is 0 Å². The normalized spacial score (nSPS) is 16.0. The molecule has 0 unspecified atom stereocenters. The van der Waals surface area contributed by atoms with Crippen molar-refractivity contribution in [2.24, 2.45) is 0 Å². The number of aliphatic hydroxyl groups excluding tert-OH is 1. The summed E-state index contributed by atoms with van der Waals surface area (Å²) < 4.78 is 0. The quantitative estimate of drug-likeness (QED) is 0.523. The summed E-state index contributed by atoms with van der Waals surface area (Å²) >= 11 is 0. The van der Waals surface area contributed by atoms with E-state index in [-0.39, 0.29) is 12.0 Å². The third kappa shape index (κ3) is 3.00. The van der Waals surface area contributed by atoms with Crippen molar-refractivity contribution < 1.29 is 5.11 Å². The van der Waals surface area contributed by atoms with E-state index in [2.05, 4.69) is 97.6 Å². The molecule has 0 atom stereocenters. The molecule has 0 amide bonds. The van der Waals surface area contributed by atoms with Gasteiger partial charge in [-0.2, -0.15) is 0 Å². The van der Waals surface area contributed by atoms with Gasteiger partial charge >= 0.3 is 0 Å². The molecule has 1 N–H and O–H groups in total. The molecular formula is C28H27NO. The van der Waals surface area contributed by atoms with Crippen LogP contribution in [0.2, 0.25) is 0 Å². The summed E-state index contributed by atoms with van der Waals surface area (Å²) in [5.74, 6) is 0. The van der Waals surface area contributed by atoms with E-state index in [1.165, 1.54) is 39.3 Å². The van der Waals surface area contributed by atoms with Gasteiger partial charge in [0.25, 0.3) is 0 Å². The third-order valence-electron chi connectivity index (χ3n) is 6.41. The molecule has 3 aromatic carbocycles. The van der Waals surface area contributed by atoms with Gasteiger partial charge in [0.2, 0.25) is 0 Å². The zero-order chi connectivity index (χ0) is 20.7. The van der Waals surface area contributed by atoms with Crippen LogP contribution in [0, 0.1) is 0 Å². The number of aliphatic hydroxyl groups is 1. The fourth-order valence-electron chi connectivity index (χ4n) is 4.80. The molecule has 150 valence electrons. The lowest BCUT2D eigenvalue weighted by molar-refractivity contribution is 0.281. The van der Waals surface area contributed by atoms with Gasteiger partial charge in [-0.3, -0.25) is 0 Å². The first-order valence-electron chi connectivity index (χ1n) is 10.7. The Kier molecular flexibility index (Phi) is 4.60. The standard InChI is InChI=1S/C28H27NO/c1-28(2)26-17-20(19-30)13-15-24(26)25-16-14-23(18-27(25)28)29(21-9-5-3-6-10-21)22-11-7-4-8-12-22/h3,5-7,9-18,30H,4,8,19H2,1-2H3. The van der Waals surface area contributed by atoms with Crippen molar-refractivity contribution in [2.75, 3.05) is 4.90 Å². The SMILES string of the molecule is CC1(C)c2cc(CO)ccc2-c2ccc(N(C3=CCCC=C3)c3ccccc3)cc21. The molecule has 2 nitrogen and oxygen atoms in total. The number of hydrogen-bond acceptors (Lipinski definition) is 2. The average molecular weight is 394 g/mol. The second kappa shape index (κ2) is 7.30. The Morgan fingerprint density at radius 2 is 1.57 bits per heavy atom. The van der Waals surface area contributed by atoms with Crippen molar-refractivity contribution in [1.82, 2.24) is 0 Å². The highest BCUT2D eigenvalue weighted by molar-refractivity contribution is 5.84. The van der Waals surface area contributed by atoms with Gasteiger partial charge in [0.05, 0.1) is 6.61 Å². The van der Waals surface area contributed by atoms with E-state index in [9.17, 15) is 5.11 Å². The van der Waals surface area contributed by atoms with Crippen molar-refractivity contribution in [3.8, 4) is 11.1 Å². The molecule has 0 saturated heterocycles. The number of para-hydroxylation sites is 1. The predicted molar refractivity (Wildman–Crippen MR) is 125 cm³/mol. The van der Waals surface area contributed by atoms with Crippen molar-refractivity contribution in [2.45, 2.75) is 38.7 Å². The van der Waals surface area contributed by atoms with Gasteiger partial charge in [-0.15, -0.1) is 0 Å². The first-order chi connectivity index (χ1) is 14.6. The molecule has 5 rings (SSSR count). The monoisotopic (exact) mass is 393 g/mol. The van der Waals surface area contributed by atoms with Gasteiger partial charge < -0.3 is 10.0 Å². The van der Waals surface area contributed by atoms with Crippen LogP contribution >= 0.6 is 0 Å². The molecule has 0 saturated carbocycles. The summed E-state index contributed by atoms with van der Waals surface area (Å²) in [4.78, 5) is 2.36. The number of rotatable bonds is 4. The number of hydrogen-bond donors (Lipinski definition) is 1. The Morgan fingerprint density at radius 1 is 0.833 bits per heavy atom. The number of allylic oxidation sites excluding steroid dienone is 3. The highest BCUT2D eigenvalue weighted by Gasteiger charge is 2.36. The smallest absolute Gasteiger partial charge is 0.0681 e. The Morgan fingerprint density at radius 3 is 2.27 bits per heavy atom. The Hall–Kier alpha value is -3.10. The van der Waals surface area contributed by atoms with E-state index in [0.29, 0.717) is 0 Å². The van der Waals surface area contributed by atoms with Crippen molar-refractivity contribution in [3.63, 3.8) is 0 Å². The zero-order valence-electron chi connectivity index (χ0n) is 17.6. The third-order valence-corrected chi connectivity index (χ3v) is 6.41. The second-order valence-electron chi connectivity index (χ2n) is 8.67. The minimum absolute atomic E-state index is 0.0766. The number of fused-ring (bicyclic) bond motifs is 3. The maximum atomic E-state index is 9.62. The lowest BCUT2D eigenvalue weighted by atomic mass is 9.82. The Labute approximate surface area is 178 Å². The van der Waals surface area contributed by atoms with Crippen LogP contribution < -0.4 is 4.90 Å². The first-order valence-corrected chi connectivity index (χ1v) is 10.7. The highest BCUT2D eigenvalue weighted by Crippen LogP contribution is 2.50. The Bertz CT molecular complexity index is 1150. The average Bonchev–Trinajstić information content (AvgIpc) is 3.02. The van der Waals surface area contributed by atoms with Crippen LogP contribution in [0.3, 0.4) is 0 Å². The van der Waals surface area contributed by atoms with Crippen molar-refractivity contribution in [3.05, 3.63) is 107 Å². The van der Waals surface area contributed by atoms with Crippen LogP contribution in [0.15, 0.2) is 90.7 Å². The lowest BCUT2D eigenvalue weighted by Gasteiger charge is -2.29. The van der Waals surface area contributed by atoms with Crippen LogP contribution in [0.25, 0.3) is 11.1 Å². The van der Waals surface area contributed by atoms with Crippen molar-refractivity contribution >= 4 is 11.4 Å². The largest absolute Gasteiger partial charge is 0.392 e. The summed E-state index contributed by atoms with van der Waals surface area (Å²) in [7, 11) is 0. The zero-order valence-corrected chi connectivity index (χ0v) is 17.6. The van der Waals surface area contributed by atoms with E-state index in [1.54, 1.807) is 0 Å². The maximum absolute atomic E-state index is 9.62. The molecule has 2 heteroatoms. The molecule has 0 heterocycles. The molecule has 0 radical (unpaired) electrons. The molecule has 0 bridgehead atoms. The highest BCUT2D eigenvalue weighted by atomic mass is 16.3. The first kappa shape index (κ1) is 18.9. The summed E-state index contributed by atoms with van der Waals surface area (Å²) in [5.41, 5.74) is 9.65. The number of anilines is 2. The Balaban J connectivity index is 1.65. The van der Waals surface area contributed by atoms with E-state index in [0.717, 1.165) is 18.4 Å². The number of benzene rings is 3. The van der Waals surface area contributed by atoms with Crippen LogP contribution in [0.5, 0.6) is 0 Å². The molecule has 2 aliphatic carbocycles. The van der Waals surface area contributed by atoms with Gasteiger partial charge in [-0.25, -0.2) is 0 Å². The molecule has 2 aliphatic rings. The minimum Gasteiger partial charge on any atom is -0.392 e. The van der Waals surface area contributed by atoms with Crippen LogP contribution in [-0.2, 0) is 12.0 Å². The molecule has 0 aromatic heterocycles. The minimum atomic E-state index is -0.106. The van der Waals surface area contributed by atoms with Gasteiger partial charge in [0, 0.05) is 22.5 Å². The van der Waals surface area contributed by atoms with Gasteiger partial charge in [-0.1, -0.05) is 68.5 Å². The van der Waals surface area contributed by atoms with Crippen LogP contribution in [0.4, 0.5) is 11.4 Å². The molecular weight excluding hydrogens is 366 g/mol. The molecule has 30 heavy (non-hydrogen) atoms. The summed E-state index contributed by atoms with van der Waals surface area (Å²) in [6.45, 7) is 4.65. The predicted octanol–water partition coefficient (Wildman–Crippen LogP) is 6.86. The topological polar surface area (TPSA) is 23.5 Å². The molecule has 0 fully saturated rings. The summed E-state index contributed by atoms with van der Waals surface area (Å²) in [6.07, 6.45) is 8.99. The van der Waals surface area contributed by atoms with Crippen LogP contribution in [-0.4, -0.2) is 5.11 Å². The molecule has 0 spiro atoms. The van der Waals surface area contributed by atoms with E-state index in [1.807, 2.05) is 6.07 Å². The van der Waals surface area contributed by atoms with E-state index >= 15 is 0 Å². The molecule has 3 aromatic rings. The van der Waals surface area contributed by atoms with E-state index < -0.39 is 0 Å². The molecule has 0 aliphatic heterocycles. The summed E-state index contributed by atoms with van der Waals surface area (Å²) in [5, 5.41) is 9.62. The van der Waals surface area contributed by atoms with Crippen LogP contribution in [0.1, 0.15) is 43.4 Å². The summed E-state index contributed by atoms with van der Waals surface area (Å²) in [6, 6.07) is 23.8. The van der Waals surface area contributed by atoms with Gasteiger partial charge in [-0.05, 0) is 71.0 Å². The second-order valence-corrected chi connectivity index (χ2v) is 8.67. The maximum Gasteiger partial charge on any atom is 0.0681 e. The fraction of sp³-hybridized carbons (Fsp3) is 0.214.